The van der Waals surface area contributed by atoms with E-state index in [2.05, 4.69) is 24.0 Å². The van der Waals surface area contributed by atoms with Crippen molar-refractivity contribution in [1.82, 2.24) is 14.8 Å². The average Bonchev–Trinajstić information content (AvgIpc) is 2.78. The molecule has 2 rings (SSSR count). The molecule has 1 aromatic carbocycles. The largest absolute Gasteiger partial charge is 0.309 e. The highest BCUT2D eigenvalue weighted by atomic mass is 32.2. The molecule has 0 saturated carbocycles. The summed E-state index contributed by atoms with van der Waals surface area (Å²) in [5.41, 5.74) is 0.737. The number of aromatic nitrogens is 3. The van der Waals surface area contributed by atoms with E-state index in [0.717, 1.165) is 16.5 Å². The molecule has 0 aliphatic rings. The van der Waals surface area contributed by atoms with Crippen molar-refractivity contribution < 1.29 is 4.79 Å². The van der Waals surface area contributed by atoms with Gasteiger partial charge in [-0.15, -0.1) is 10.2 Å². The highest BCUT2D eigenvalue weighted by molar-refractivity contribution is 7.99. The minimum absolute atomic E-state index is 0.111. The van der Waals surface area contributed by atoms with Crippen LogP contribution in [0.5, 0.6) is 0 Å². The van der Waals surface area contributed by atoms with Crippen molar-refractivity contribution in [2.24, 2.45) is 7.05 Å². The summed E-state index contributed by atoms with van der Waals surface area (Å²) < 4.78 is 1.95. The van der Waals surface area contributed by atoms with Crippen LogP contribution in [-0.2, 0) is 7.05 Å². The molecule has 1 aromatic heterocycles. The van der Waals surface area contributed by atoms with Gasteiger partial charge in [-0.1, -0.05) is 55.9 Å². The van der Waals surface area contributed by atoms with Gasteiger partial charge in [-0.05, 0) is 0 Å². The zero-order chi connectivity index (χ0) is 13.8. The predicted octanol–water partition coefficient (Wildman–Crippen LogP) is 2.91. The van der Waals surface area contributed by atoms with Crippen molar-refractivity contribution in [2.75, 3.05) is 5.75 Å². The summed E-state index contributed by atoms with van der Waals surface area (Å²) in [6.45, 7) is 4.15. The maximum atomic E-state index is 12.0. The smallest absolute Gasteiger partial charge is 0.191 e. The number of ketones is 1. The zero-order valence-corrected chi connectivity index (χ0v) is 12.1. The summed E-state index contributed by atoms with van der Waals surface area (Å²) >= 11 is 1.43. The molecule has 0 spiro atoms. The van der Waals surface area contributed by atoms with Gasteiger partial charge in [0.1, 0.15) is 5.82 Å². The number of rotatable bonds is 5. The van der Waals surface area contributed by atoms with Crippen molar-refractivity contribution in [1.29, 1.82) is 0 Å². The number of carbonyl (C=O) groups is 1. The molecule has 0 aliphatic heterocycles. The monoisotopic (exact) mass is 275 g/mol. The van der Waals surface area contributed by atoms with Crippen LogP contribution >= 0.6 is 11.8 Å². The van der Waals surface area contributed by atoms with Gasteiger partial charge in [-0.2, -0.15) is 0 Å². The molecule has 0 unspecified atom stereocenters. The zero-order valence-electron chi connectivity index (χ0n) is 11.3. The first-order valence-corrected chi connectivity index (χ1v) is 7.18. The molecule has 4 nitrogen and oxygen atoms in total. The maximum Gasteiger partial charge on any atom is 0.191 e. The summed E-state index contributed by atoms with van der Waals surface area (Å²) in [4.78, 5) is 12.0. The Morgan fingerprint density at radius 3 is 2.53 bits per heavy atom. The minimum Gasteiger partial charge on any atom is -0.309 e. The molecule has 19 heavy (non-hydrogen) atoms. The van der Waals surface area contributed by atoms with Crippen molar-refractivity contribution >= 4 is 17.5 Å². The van der Waals surface area contributed by atoms with Crippen molar-refractivity contribution in [3.05, 3.63) is 41.7 Å². The van der Waals surface area contributed by atoms with Gasteiger partial charge >= 0.3 is 0 Å². The van der Waals surface area contributed by atoms with E-state index in [4.69, 9.17) is 0 Å². The van der Waals surface area contributed by atoms with E-state index in [1.165, 1.54) is 11.8 Å². The van der Waals surface area contributed by atoms with Gasteiger partial charge in [-0.25, -0.2) is 0 Å². The molecule has 0 amide bonds. The second kappa shape index (κ2) is 6.02. The number of hydrogen-bond donors (Lipinski definition) is 0. The van der Waals surface area contributed by atoms with Crippen LogP contribution in [0, 0.1) is 0 Å². The van der Waals surface area contributed by atoms with Crippen LogP contribution in [0.3, 0.4) is 0 Å². The van der Waals surface area contributed by atoms with Crippen LogP contribution in [0.4, 0.5) is 0 Å². The number of carbonyl (C=O) groups excluding carboxylic acids is 1. The number of benzene rings is 1. The van der Waals surface area contributed by atoms with Crippen LogP contribution in [0.15, 0.2) is 35.5 Å². The Bertz CT molecular complexity index is 563. The van der Waals surface area contributed by atoms with E-state index in [1.54, 1.807) is 0 Å². The molecule has 0 bridgehead atoms. The Labute approximate surface area is 117 Å². The van der Waals surface area contributed by atoms with Crippen LogP contribution in [0.25, 0.3) is 0 Å². The molecule has 2 aromatic rings. The number of nitrogens with zero attached hydrogens (tertiary/aromatic N) is 3. The molecule has 0 fully saturated rings. The quantitative estimate of drug-likeness (QED) is 0.622. The van der Waals surface area contributed by atoms with Crippen LogP contribution in [0.1, 0.15) is 35.9 Å². The first kappa shape index (κ1) is 13.8. The minimum atomic E-state index is 0.111. The standard InChI is InChI=1S/C14H17N3OS/c1-10(2)13-15-16-14(17(13)3)19-9-12(18)11-7-5-4-6-8-11/h4-8,10H,9H2,1-3H3. The van der Waals surface area contributed by atoms with Gasteiger partial charge in [0, 0.05) is 18.5 Å². The van der Waals surface area contributed by atoms with E-state index in [9.17, 15) is 4.79 Å². The van der Waals surface area contributed by atoms with Gasteiger partial charge in [0.15, 0.2) is 10.9 Å². The van der Waals surface area contributed by atoms with Gasteiger partial charge in [0.05, 0.1) is 5.75 Å². The Kier molecular flexibility index (Phi) is 4.37. The third-order valence-corrected chi connectivity index (χ3v) is 3.83. The average molecular weight is 275 g/mol. The Morgan fingerprint density at radius 1 is 1.26 bits per heavy atom. The molecule has 0 atom stereocenters. The van der Waals surface area contributed by atoms with Gasteiger partial charge in [0.25, 0.3) is 0 Å². The second-order valence-electron chi connectivity index (χ2n) is 4.63. The fourth-order valence-electron chi connectivity index (χ4n) is 1.79. The van der Waals surface area contributed by atoms with Crippen LogP contribution in [0.2, 0.25) is 0 Å². The molecule has 0 saturated heterocycles. The predicted molar refractivity (Wildman–Crippen MR) is 76.6 cm³/mol. The third kappa shape index (κ3) is 3.23. The molecular weight excluding hydrogens is 258 g/mol. The summed E-state index contributed by atoms with van der Waals surface area (Å²) in [6, 6.07) is 9.31. The van der Waals surface area contributed by atoms with Gasteiger partial charge in [0.2, 0.25) is 0 Å². The van der Waals surface area contributed by atoms with Crippen LogP contribution in [-0.4, -0.2) is 26.3 Å². The normalized spacial score (nSPS) is 10.9. The van der Waals surface area contributed by atoms with E-state index in [-0.39, 0.29) is 5.78 Å². The van der Waals surface area contributed by atoms with Crippen molar-refractivity contribution in [3.8, 4) is 0 Å². The Balaban J connectivity index is 2.02. The van der Waals surface area contributed by atoms with Gasteiger partial charge < -0.3 is 4.57 Å². The highest BCUT2D eigenvalue weighted by Crippen LogP contribution is 2.20. The van der Waals surface area contributed by atoms with E-state index < -0.39 is 0 Å². The third-order valence-electron chi connectivity index (χ3n) is 2.81. The van der Waals surface area contributed by atoms with Crippen LogP contribution < -0.4 is 0 Å². The second-order valence-corrected chi connectivity index (χ2v) is 5.57. The summed E-state index contributed by atoms with van der Waals surface area (Å²) in [5.74, 6) is 1.76. The molecular formula is C14H17N3OS. The molecule has 0 N–H and O–H groups in total. The molecule has 5 heteroatoms. The first-order valence-electron chi connectivity index (χ1n) is 6.20. The lowest BCUT2D eigenvalue weighted by atomic mass is 10.2. The summed E-state index contributed by atoms with van der Waals surface area (Å²) in [5, 5.41) is 9.06. The maximum absolute atomic E-state index is 12.0. The van der Waals surface area contributed by atoms with Crippen molar-refractivity contribution in [2.45, 2.75) is 24.9 Å². The number of Topliss-reactive ketones (excluding diaryl/α,β-unsaturated/α-hetero) is 1. The first-order chi connectivity index (χ1) is 9.09. The van der Waals surface area contributed by atoms with E-state index in [1.807, 2.05) is 41.9 Å². The SMILES string of the molecule is CC(C)c1nnc(SCC(=O)c2ccccc2)n1C. The highest BCUT2D eigenvalue weighted by Gasteiger charge is 2.14. The fourth-order valence-corrected chi connectivity index (χ4v) is 2.60. The lowest BCUT2D eigenvalue weighted by molar-refractivity contribution is 0.102. The molecule has 0 radical (unpaired) electrons. The Morgan fingerprint density at radius 2 is 1.95 bits per heavy atom. The Hall–Kier alpha value is -1.62. The molecule has 0 aliphatic carbocycles. The molecule has 1 heterocycles. The topological polar surface area (TPSA) is 47.8 Å². The summed E-state index contributed by atoms with van der Waals surface area (Å²) in [7, 11) is 1.94. The lowest BCUT2D eigenvalue weighted by Crippen LogP contribution is -2.04. The van der Waals surface area contributed by atoms with Gasteiger partial charge in [-0.3, -0.25) is 4.79 Å². The fraction of sp³-hybridized carbons (Fsp3) is 0.357. The summed E-state index contributed by atoms with van der Waals surface area (Å²) in [6.07, 6.45) is 0. The number of thioether (sulfide) groups is 1. The van der Waals surface area contributed by atoms with E-state index in [0.29, 0.717) is 11.7 Å². The molecule has 100 valence electrons. The lowest BCUT2D eigenvalue weighted by Gasteiger charge is -2.05. The number of hydrogen-bond acceptors (Lipinski definition) is 4. The van der Waals surface area contributed by atoms with Crippen molar-refractivity contribution in [3.63, 3.8) is 0 Å². The van der Waals surface area contributed by atoms with E-state index >= 15 is 0 Å².